The number of imide groups is 2. The molecule has 3 rings (SSSR count). The zero-order valence-corrected chi connectivity index (χ0v) is 15.4. The summed E-state index contributed by atoms with van der Waals surface area (Å²) < 4.78 is 19.9. The van der Waals surface area contributed by atoms with Gasteiger partial charge in [0.25, 0.3) is 11.8 Å². The summed E-state index contributed by atoms with van der Waals surface area (Å²) in [5.74, 6) is -4.24. The molecule has 9 nitrogen and oxygen atoms in total. The van der Waals surface area contributed by atoms with Gasteiger partial charge in [0.15, 0.2) is 5.82 Å². The van der Waals surface area contributed by atoms with Crippen molar-refractivity contribution >= 4 is 35.4 Å². The van der Waals surface area contributed by atoms with Gasteiger partial charge in [0.1, 0.15) is 11.6 Å². The van der Waals surface area contributed by atoms with Crippen LogP contribution in [0.25, 0.3) is 0 Å². The van der Waals surface area contributed by atoms with Crippen LogP contribution in [0.3, 0.4) is 0 Å². The molecule has 28 heavy (non-hydrogen) atoms. The Morgan fingerprint density at radius 2 is 1.89 bits per heavy atom. The number of anilines is 1. The van der Waals surface area contributed by atoms with Gasteiger partial charge in [-0.05, 0) is 39.3 Å². The Bertz CT molecular complexity index is 921. The average Bonchev–Trinajstić information content (AvgIpc) is 2.80. The van der Waals surface area contributed by atoms with Crippen molar-refractivity contribution in [1.29, 1.82) is 0 Å². The van der Waals surface area contributed by atoms with Gasteiger partial charge in [-0.2, -0.15) is 0 Å². The molecule has 0 aromatic heterocycles. The van der Waals surface area contributed by atoms with Gasteiger partial charge in [0, 0.05) is 6.42 Å². The van der Waals surface area contributed by atoms with Crippen molar-refractivity contribution in [3.8, 4) is 0 Å². The van der Waals surface area contributed by atoms with Crippen LogP contribution in [0.15, 0.2) is 12.1 Å². The Labute approximate surface area is 159 Å². The predicted molar refractivity (Wildman–Crippen MR) is 92.9 cm³/mol. The van der Waals surface area contributed by atoms with Gasteiger partial charge < -0.3 is 4.74 Å². The molecular formula is C18H18FN3O6. The number of benzene rings is 1. The van der Waals surface area contributed by atoms with Crippen LogP contribution < -0.4 is 10.6 Å². The standard InChI is InChI=1S/C18H18FN3O6/c1-18(2,3)28-17(27)20-9-5-4-8-12(13(9)19)16(26)22(15(8)25)10-6-7-11(23)21-14(10)24/h4-5,10H,6-7H2,1-3H3,(H,20,27)(H,21,23,24). The molecule has 5 amide bonds. The van der Waals surface area contributed by atoms with Gasteiger partial charge in [-0.15, -0.1) is 0 Å². The number of piperidine rings is 1. The number of carbonyl (C=O) groups excluding carboxylic acids is 5. The first kappa shape index (κ1) is 19.5. The number of amides is 5. The van der Waals surface area contributed by atoms with Crippen LogP contribution in [-0.2, 0) is 14.3 Å². The minimum Gasteiger partial charge on any atom is -0.444 e. The number of halogens is 1. The molecule has 1 aromatic rings. The molecule has 0 aliphatic carbocycles. The van der Waals surface area contributed by atoms with Crippen LogP contribution in [-0.4, -0.2) is 46.3 Å². The molecule has 2 N–H and O–H groups in total. The summed E-state index contributed by atoms with van der Waals surface area (Å²) in [6.07, 6.45) is -1.01. The lowest BCUT2D eigenvalue weighted by molar-refractivity contribution is -0.136. The minimum atomic E-state index is -1.20. The number of hydrogen-bond donors (Lipinski definition) is 2. The number of fused-ring (bicyclic) bond motifs is 1. The molecule has 1 aromatic carbocycles. The summed E-state index contributed by atoms with van der Waals surface area (Å²) >= 11 is 0. The van der Waals surface area contributed by atoms with E-state index >= 15 is 0 Å². The topological polar surface area (TPSA) is 122 Å². The van der Waals surface area contributed by atoms with Crippen LogP contribution in [0, 0.1) is 5.82 Å². The van der Waals surface area contributed by atoms with E-state index in [-0.39, 0.29) is 24.1 Å². The second-order valence-electron chi connectivity index (χ2n) is 7.42. The first-order chi connectivity index (χ1) is 13.0. The van der Waals surface area contributed by atoms with Crippen molar-refractivity contribution in [2.75, 3.05) is 5.32 Å². The molecule has 1 fully saturated rings. The van der Waals surface area contributed by atoms with Crippen molar-refractivity contribution in [3.63, 3.8) is 0 Å². The first-order valence-electron chi connectivity index (χ1n) is 8.53. The van der Waals surface area contributed by atoms with Gasteiger partial charge in [-0.1, -0.05) is 0 Å². The van der Waals surface area contributed by atoms with Crippen LogP contribution in [0.5, 0.6) is 0 Å². The maximum Gasteiger partial charge on any atom is 0.412 e. The molecule has 2 heterocycles. The lowest BCUT2D eigenvalue weighted by Gasteiger charge is -2.27. The van der Waals surface area contributed by atoms with Crippen molar-refractivity contribution in [2.24, 2.45) is 0 Å². The second-order valence-corrected chi connectivity index (χ2v) is 7.42. The number of hydrogen-bond acceptors (Lipinski definition) is 6. The SMILES string of the molecule is CC(C)(C)OC(=O)Nc1ccc2c(c1F)C(=O)N(C1CCC(=O)NC1=O)C2=O. The normalized spacial score (nSPS) is 19.4. The minimum absolute atomic E-state index is 0.0409. The van der Waals surface area contributed by atoms with E-state index in [0.717, 1.165) is 6.07 Å². The van der Waals surface area contributed by atoms with Crippen molar-refractivity contribution < 1.29 is 33.1 Å². The van der Waals surface area contributed by atoms with Crippen LogP contribution in [0.2, 0.25) is 0 Å². The monoisotopic (exact) mass is 391 g/mol. The molecule has 0 bridgehead atoms. The fourth-order valence-electron chi connectivity index (χ4n) is 3.03. The molecule has 10 heteroatoms. The molecule has 148 valence electrons. The predicted octanol–water partition coefficient (Wildman–Crippen LogP) is 1.57. The van der Waals surface area contributed by atoms with Gasteiger partial charge in [-0.25, -0.2) is 9.18 Å². The molecule has 1 saturated heterocycles. The zero-order chi connectivity index (χ0) is 20.8. The maximum atomic E-state index is 14.9. The van der Waals surface area contributed by atoms with Crippen LogP contribution in [0.1, 0.15) is 54.3 Å². The Balaban J connectivity index is 1.89. The van der Waals surface area contributed by atoms with E-state index in [9.17, 15) is 28.4 Å². The van der Waals surface area contributed by atoms with Crippen molar-refractivity contribution in [1.82, 2.24) is 10.2 Å². The van der Waals surface area contributed by atoms with Crippen molar-refractivity contribution in [2.45, 2.75) is 45.3 Å². The molecule has 1 atom stereocenters. The summed E-state index contributed by atoms with van der Waals surface area (Å²) in [5.41, 5.74) is -1.91. The third-order valence-corrected chi connectivity index (χ3v) is 4.18. The highest BCUT2D eigenvalue weighted by Crippen LogP contribution is 2.32. The summed E-state index contributed by atoms with van der Waals surface area (Å²) in [5, 5.41) is 4.26. The molecule has 1 unspecified atom stereocenters. The van der Waals surface area contributed by atoms with Gasteiger partial charge in [0.2, 0.25) is 11.8 Å². The number of carbonyl (C=O) groups is 5. The Hall–Kier alpha value is -3.30. The highest BCUT2D eigenvalue weighted by Gasteiger charge is 2.46. The molecule has 0 spiro atoms. The third-order valence-electron chi connectivity index (χ3n) is 4.18. The van der Waals surface area contributed by atoms with Crippen molar-refractivity contribution in [3.05, 3.63) is 29.1 Å². The Morgan fingerprint density at radius 1 is 1.21 bits per heavy atom. The third kappa shape index (κ3) is 3.45. The zero-order valence-electron chi connectivity index (χ0n) is 15.4. The number of ether oxygens (including phenoxy) is 1. The fourth-order valence-corrected chi connectivity index (χ4v) is 3.03. The molecule has 2 aliphatic heterocycles. The summed E-state index contributed by atoms with van der Waals surface area (Å²) in [4.78, 5) is 61.1. The molecule has 0 saturated carbocycles. The number of rotatable bonds is 2. The largest absolute Gasteiger partial charge is 0.444 e. The van der Waals surface area contributed by atoms with E-state index in [1.165, 1.54) is 6.07 Å². The molecule has 2 aliphatic rings. The number of nitrogens with one attached hydrogen (secondary N) is 2. The van der Waals surface area contributed by atoms with E-state index in [1.54, 1.807) is 20.8 Å². The Kier molecular flexibility index (Phi) is 4.66. The molecular weight excluding hydrogens is 373 g/mol. The number of nitrogens with zero attached hydrogens (tertiary/aromatic N) is 1. The van der Waals surface area contributed by atoms with Gasteiger partial charge >= 0.3 is 6.09 Å². The highest BCUT2D eigenvalue weighted by atomic mass is 19.1. The maximum absolute atomic E-state index is 14.9. The lowest BCUT2D eigenvalue weighted by atomic mass is 10.0. The lowest BCUT2D eigenvalue weighted by Crippen LogP contribution is -2.54. The smallest absolute Gasteiger partial charge is 0.412 e. The Morgan fingerprint density at radius 3 is 2.50 bits per heavy atom. The van der Waals surface area contributed by atoms with E-state index in [4.69, 9.17) is 4.74 Å². The summed E-state index contributed by atoms with van der Waals surface area (Å²) in [7, 11) is 0. The summed E-state index contributed by atoms with van der Waals surface area (Å²) in [6.45, 7) is 4.89. The van der Waals surface area contributed by atoms with E-state index in [0.29, 0.717) is 4.90 Å². The molecule has 0 radical (unpaired) electrons. The quantitative estimate of drug-likeness (QED) is 0.738. The highest BCUT2D eigenvalue weighted by molar-refractivity contribution is 6.24. The van der Waals surface area contributed by atoms with Gasteiger partial charge in [-0.3, -0.25) is 34.7 Å². The van der Waals surface area contributed by atoms with E-state index in [2.05, 4.69) is 10.6 Å². The van der Waals surface area contributed by atoms with Crippen LogP contribution >= 0.6 is 0 Å². The average molecular weight is 391 g/mol. The summed E-state index contributed by atoms with van der Waals surface area (Å²) in [6, 6.07) is 1.13. The van der Waals surface area contributed by atoms with Gasteiger partial charge in [0.05, 0.1) is 16.8 Å². The first-order valence-corrected chi connectivity index (χ1v) is 8.53. The van der Waals surface area contributed by atoms with Crippen LogP contribution in [0.4, 0.5) is 14.9 Å². The second kappa shape index (κ2) is 6.70. The van der Waals surface area contributed by atoms with E-state index in [1.807, 2.05) is 0 Å². The van der Waals surface area contributed by atoms with E-state index < -0.39 is 52.7 Å². The fraction of sp³-hybridized carbons (Fsp3) is 0.389.